The zero-order valence-electron chi connectivity index (χ0n) is 20.9. The van der Waals surface area contributed by atoms with Crippen molar-refractivity contribution < 1.29 is 19.1 Å². The van der Waals surface area contributed by atoms with Gasteiger partial charge in [-0.1, -0.05) is 48.5 Å². The molecule has 184 valence electrons. The first-order chi connectivity index (χ1) is 16.8. The summed E-state index contributed by atoms with van der Waals surface area (Å²) in [6, 6.07) is 29.6. The maximum Gasteiger partial charge on any atom is 0.320 e. The zero-order chi connectivity index (χ0) is 25.3. The fraction of sp³-hybridized carbons (Fsp3) is 0.310. The molecule has 35 heavy (non-hydrogen) atoms. The van der Waals surface area contributed by atoms with Crippen LogP contribution in [0.1, 0.15) is 26.3 Å². The van der Waals surface area contributed by atoms with E-state index in [1.54, 1.807) is 4.90 Å². The lowest BCUT2D eigenvalue weighted by molar-refractivity contribution is -0.149. The number of methoxy groups -OCH3 is 1. The molecule has 0 radical (unpaired) electrons. The number of ether oxygens (including phenoxy) is 2. The smallest absolute Gasteiger partial charge is 0.320 e. The summed E-state index contributed by atoms with van der Waals surface area (Å²) in [5.41, 5.74) is 0.742. The van der Waals surface area contributed by atoms with Gasteiger partial charge in [0.15, 0.2) is 14.7 Å². The van der Waals surface area contributed by atoms with Gasteiger partial charge in [0.25, 0.3) is 0 Å². The molecule has 0 atom stereocenters. The lowest BCUT2D eigenvalue weighted by Crippen LogP contribution is -2.47. The fourth-order valence-corrected chi connectivity index (χ4v) is 5.63. The molecule has 3 aromatic carbocycles. The van der Waals surface area contributed by atoms with Crippen molar-refractivity contribution in [3.63, 3.8) is 0 Å². The maximum atomic E-state index is 12.4. The standard InChI is InChI=1S/C29H34NO4S/c1-29(2,3)30(21-27(31)33-4)22-28(32)34-20-19-23-15-17-26(18-16-23)35(24-11-7-5-8-12-24)25-13-9-6-10-14-25/h5-18H,19-22H2,1-4H3/q+1. The first-order valence-corrected chi connectivity index (χ1v) is 12.9. The molecule has 0 aliphatic heterocycles. The van der Waals surface area contributed by atoms with Crippen LogP contribution in [0.25, 0.3) is 0 Å². The third-order valence-electron chi connectivity index (χ3n) is 5.59. The SMILES string of the molecule is COC(=O)CN(CC(=O)OCCc1ccc([S+](c2ccccc2)c2ccccc2)cc1)C(C)(C)C. The predicted octanol–water partition coefficient (Wildman–Crippen LogP) is 5.14. The quantitative estimate of drug-likeness (QED) is 0.290. The van der Waals surface area contributed by atoms with E-state index >= 15 is 0 Å². The molecule has 0 aliphatic rings. The van der Waals surface area contributed by atoms with E-state index in [4.69, 9.17) is 9.47 Å². The molecule has 0 N–H and O–H groups in total. The second-order valence-corrected chi connectivity index (χ2v) is 11.2. The van der Waals surface area contributed by atoms with E-state index < -0.39 is 0 Å². The number of carbonyl (C=O) groups excluding carboxylic acids is 2. The normalized spacial score (nSPS) is 11.5. The van der Waals surface area contributed by atoms with Gasteiger partial charge >= 0.3 is 11.9 Å². The molecule has 0 spiro atoms. The highest BCUT2D eigenvalue weighted by Crippen LogP contribution is 2.31. The van der Waals surface area contributed by atoms with Crippen molar-refractivity contribution >= 4 is 22.8 Å². The maximum absolute atomic E-state index is 12.4. The fourth-order valence-electron chi connectivity index (χ4n) is 3.55. The van der Waals surface area contributed by atoms with Crippen LogP contribution in [0.2, 0.25) is 0 Å². The average molecular weight is 493 g/mol. The van der Waals surface area contributed by atoms with Gasteiger partial charge in [-0.05, 0) is 62.7 Å². The number of carbonyl (C=O) groups is 2. The topological polar surface area (TPSA) is 55.8 Å². The van der Waals surface area contributed by atoms with E-state index in [1.165, 1.54) is 21.8 Å². The summed E-state index contributed by atoms with van der Waals surface area (Å²) in [6.45, 7) is 6.21. The highest BCUT2D eigenvalue weighted by atomic mass is 32.2. The van der Waals surface area contributed by atoms with Gasteiger partial charge in [-0.15, -0.1) is 0 Å². The van der Waals surface area contributed by atoms with E-state index in [2.05, 4.69) is 72.8 Å². The van der Waals surface area contributed by atoms with Crippen LogP contribution in [0.3, 0.4) is 0 Å². The molecule has 0 heterocycles. The number of hydrogen-bond donors (Lipinski definition) is 0. The molecule has 0 aliphatic carbocycles. The predicted molar refractivity (Wildman–Crippen MR) is 139 cm³/mol. The Kier molecular flexibility index (Phi) is 9.52. The van der Waals surface area contributed by atoms with E-state index in [0.29, 0.717) is 6.42 Å². The second kappa shape index (κ2) is 12.6. The van der Waals surface area contributed by atoms with E-state index in [0.717, 1.165) is 5.56 Å². The van der Waals surface area contributed by atoms with Crippen molar-refractivity contribution in [2.45, 2.75) is 47.4 Å². The number of esters is 2. The van der Waals surface area contributed by atoms with Crippen molar-refractivity contribution in [2.24, 2.45) is 0 Å². The van der Waals surface area contributed by atoms with Gasteiger partial charge in [0, 0.05) is 12.0 Å². The number of hydrogen-bond acceptors (Lipinski definition) is 5. The molecular formula is C29H34NO4S+. The third-order valence-corrected chi connectivity index (χ3v) is 7.82. The van der Waals surface area contributed by atoms with E-state index in [9.17, 15) is 9.59 Å². The van der Waals surface area contributed by atoms with Crippen molar-refractivity contribution in [1.82, 2.24) is 4.90 Å². The summed E-state index contributed by atoms with van der Waals surface area (Å²) in [4.78, 5) is 29.6. The summed E-state index contributed by atoms with van der Waals surface area (Å²) in [5.74, 6) is -0.729. The van der Waals surface area contributed by atoms with Gasteiger partial charge < -0.3 is 9.47 Å². The van der Waals surface area contributed by atoms with Crippen molar-refractivity contribution in [3.8, 4) is 0 Å². The Morgan fingerprint density at radius 1 is 0.743 bits per heavy atom. The number of rotatable bonds is 10. The van der Waals surface area contributed by atoms with Crippen LogP contribution in [0.5, 0.6) is 0 Å². The van der Waals surface area contributed by atoms with Crippen molar-refractivity contribution in [3.05, 3.63) is 90.5 Å². The number of benzene rings is 3. The minimum atomic E-state index is -0.377. The average Bonchev–Trinajstić information content (AvgIpc) is 2.85. The van der Waals surface area contributed by atoms with E-state index in [1.807, 2.05) is 32.9 Å². The Hall–Kier alpha value is -3.09. The molecule has 5 nitrogen and oxygen atoms in total. The molecular weight excluding hydrogens is 458 g/mol. The minimum Gasteiger partial charge on any atom is -0.468 e. The Bertz CT molecular complexity index is 1040. The van der Waals surface area contributed by atoms with Gasteiger partial charge in [-0.2, -0.15) is 0 Å². The Morgan fingerprint density at radius 2 is 1.23 bits per heavy atom. The van der Waals surface area contributed by atoms with Crippen molar-refractivity contribution in [1.29, 1.82) is 0 Å². The Morgan fingerprint density at radius 3 is 1.71 bits per heavy atom. The lowest BCUT2D eigenvalue weighted by Gasteiger charge is -2.33. The molecule has 0 saturated heterocycles. The summed E-state index contributed by atoms with van der Waals surface area (Å²) >= 11 is 0. The first kappa shape index (κ1) is 26.5. The van der Waals surface area contributed by atoms with Crippen LogP contribution in [-0.2, 0) is 36.4 Å². The molecule has 3 aromatic rings. The first-order valence-electron chi connectivity index (χ1n) is 11.7. The summed E-state index contributed by atoms with van der Waals surface area (Å²) < 4.78 is 10.2. The summed E-state index contributed by atoms with van der Waals surface area (Å²) in [5, 5.41) is 0. The molecule has 6 heteroatoms. The minimum absolute atomic E-state index is 0.0362. The molecule has 0 amide bonds. The summed E-state index contributed by atoms with van der Waals surface area (Å²) in [6.07, 6.45) is 0.628. The lowest BCUT2D eigenvalue weighted by atomic mass is 10.1. The molecule has 0 bridgehead atoms. The Balaban J connectivity index is 1.61. The third kappa shape index (κ3) is 7.98. The van der Waals surface area contributed by atoms with Gasteiger partial charge in [-0.25, -0.2) is 0 Å². The zero-order valence-corrected chi connectivity index (χ0v) is 21.7. The largest absolute Gasteiger partial charge is 0.468 e. The molecule has 0 aromatic heterocycles. The van der Waals surface area contributed by atoms with Crippen LogP contribution in [-0.4, -0.2) is 49.2 Å². The highest BCUT2D eigenvalue weighted by Gasteiger charge is 2.28. The van der Waals surface area contributed by atoms with Gasteiger partial charge in [-0.3, -0.25) is 14.5 Å². The molecule has 0 saturated carbocycles. The van der Waals surface area contributed by atoms with Crippen LogP contribution >= 0.6 is 0 Å². The van der Waals surface area contributed by atoms with Crippen LogP contribution in [0.4, 0.5) is 0 Å². The van der Waals surface area contributed by atoms with Crippen molar-refractivity contribution in [2.75, 3.05) is 26.8 Å². The molecule has 0 fully saturated rings. The van der Waals surface area contributed by atoms with Crippen LogP contribution in [0.15, 0.2) is 99.6 Å². The van der Waals surface area contributed by atoms with E-state index in [-0.39, 0.29) is 48.1 Å². The van der Waals surface area contributed by atoms with Gasteiger partial charge in [0.2, 0.25) is 0 Å². The molecule has 0 unspecified atom stereocenters. The summed E-state index contributed by atoms with van der Waals surface area (Å²) in [7, 11) is 1.16. The number of nitrogens with zero attached hydrogens (tertiary/aromatic N) is 1. The highest BCUT2D eigenvalue weighted by molar-refractivity contribution is 7.97. The van der Waals surface area contributed by atoms with Crippen LogP contribution < -0.4 is 0 Å². The van der Waals surface area contributed by atoms with Gasteiger partial charge in [0.1, 0.15) is 0 Å². The molecule has 3 rings (SSSR count). The Labute approximate surface area is 211 Å². The monoisotopic (exact) mass is 492 g/mol. The van der Waals surface area contributed by atoms with Gasteiger partial charge in [0.05, 0.1) is 37.7 Å². The second-order valence-electron chi connectivity index (χ2n) is 9.15. The van der Waals surface area contributed by atoms with Crippen LogP contribution in [0, 0.1) is 0 Å².